The molecule has 3 nitrogen and oxygen atoms in total. The van der Waals surface area contributed by atoms with Crippen LogP contribution in [0.5, 0.6) is 0 Å². The minimum absolute atomic E-state index is 0.396. The van der Waals surface area contributed by atoms with Gasteiger partial charge in [-0.05, 0) is 6.92 Å². The molecule has 38 valence electrons. The van der Waals surface area contributed by atoms with Crippen molar-refractivity contribution in [3.05, 3.63) is 0 Å². The maximum absolute atomic E-state index is 8.35. The van der Waals surface area contributed by atoms with E-state index in [1.54, 1.807) is 0 Å². The van der Waals surface area contributed by atoms with Gasteiger partial charge in [-0.2, -0.15) is 0 Å². The normalized spacial score (nSPS) is 20.0. The van der Waals surface area contributed by atoms with Crippen LogP contribution >= 0.6 is 0 Å². The second kappa shape index (κ2) is 1.55. The van der Waals surface area contributed by atoms with Crippen molar-refractivity contribution in [1.82, 2.24) is 0 Å². The monoisotopic (exact) mass is 91.1 g/mol. The number of hydrogen-bond donors (Lipinski definition) is 3. The van der Waals surface area contributed by atoms with Gasteiger partial charge in [-0.15, -0.1) is 0 Å². The molecule has 0 aliphatic carbocycles. The highest BCUT2D eigenvalue weighted by molar-refractivity contribution is 4.57. The lowest BCUT2D eigenvalue weighted by molar-refractivity contribution is 0.00748. The van der Waals surface area contributed by atoms with Crippen LogP contribution in [-0.4, -0.2) is 22.5 Å². The Hall–Kier alpha value is -0.120. The Kier molecular flexibility index (Phi) is 1.52. The van der Waals surface area contributed by atoms with Crippen LogP contribution in [0.2, 0.25) is 0 Å². The molecular formula is C3H9NO2. The van der Waals surface area contributed by atoms with Crippen molar-refractivity contribution >= 4 is 0 Å². The Labute approximate surface area is 36.4 Å². The van der Waals surface area contributed by atoms with E-state index in [9.17, 15) is 0 Å². The van der Waals surface area contributed by atoms with Gasteiger partial charge in [0.05, 0.1) is 6.61 Å². The van der Waals surface area contributed by atoms with Gasteiger partial charge in [-0.3, -0.25) is 0 Å². The highest BCUT2D eigenvalue weighted by Crippen LogP contribution is 1.84. The maximum Gasteiger partial charge on any atom is 0.133 e. The standard InChI is InChI=1S/C3H9NO2/c1-3(4,6)2-5/h5-6H,2,4H2,1H3/t3-/m0/s1. The Balaban J connectivity index is 3.17. The molecule has 0 radical (unpaired) electrons. The van der Waals surface area contributed by atoms with Gasteiger partial charge in [0.25, 0.3) is 0 Å². The van der Waals surface area contributed by atoms with E-state index < -0.39 is 12.3 Å². The van der Waals surface area contributed by atoms with Crippen molar-refractivity contribution < 1.29 is 10.2 Å². The van der Waals surface area contributed by atoms with Crippen LogP contribution in [0.4, 0.5) is 0 Å². The maximum atomic E-state index is 8.35. The summed E-state index contributed by atoms with van der Waals surface area (Å²) in [6.07, 6.45) is 0. The van der Waals surface area contributed by atoms with Crippen molar-refractivity contribution in [1.29, 1.82) is 0 Å². The minimum Gasteiger partial charge on any atom is -0.392 e. The molecule has 0 saturated carbocycles. The van der Waals surface area contributed by atoms with Crippen LogP contribution in [0.3, 0.4) is 0 Å². The van der Waals surface area contributed by atoms with Crippen LogP contribution in [0.25, 0.3) is 0 Å². The molecule has 6 heavy (non-hydrogen) atoms. The molecule has 0 rings (SSSR count). The quantitative estimate of drug-likeness (QED) is 0.349. The predicted octanol–water partition coefficient (Wildman–Crippen LogP) is -1.35. The summed E-state index contributed by atoms with van der Waals surface area (Å²) >= 11 is 0. The van der Waals surface area contributed by atoms with Crippen LogP contribution in [0.1, 0.15) is 6.92 Å². The molecule has 0 aromatic rings. The summed E-state index contributed by atoms with van der Waals surface area (Å²) in [5.41, 5.74) is 3.44. The molecule has 0 unspecified atom stereocenters. The first kappa shape index (κ1) is 5.88. The molecule has 4 N–H and O–H groups in total. The molecule has 0 aliphatic heterocycles. The average Bonchev–Trinajstić information content (AvgIpc) is 1.35. The van der Waals surface area contributed by atoms with Gasteiger partial charge in [0.1, 0.15) is 5.72 Å². The highest BCUT2D eigenvalue weighted by Gasteiger charge is 2.07. The lowest BCUT2D eigenvalue weighted by atomic mass is 10.3. The number of aliphatic hydroxyl groups is 2. The summed E-state index contributed by atoms with van der Waals surface area (Å²) in [6, 6.07) is 0. The lowest BCUT2D eigenvalue weighted by Crippen LogP contribution is -2.39. The van der Waals surface area contributed by atoms with E-state index in [0.717, 1.165) is 0 Å². The van der Waals surface area contributed by atoms with Crippen molar-refractivity contribution in [2.75, 3.05) is 6.61 Å². The van der Waals surface area contributed by atoms with Gasteiger partial charge in [0, 0.05) is 0 Å². The largest absolute Gasteiger partial charge is 0.392 e. The zero-order valence-electron chi connectivity index (χ0n) is 3.68. The van der Waals surface area contributed by atoms with E-state index in [4.69, 9.17) is 15.9 Å². The van der Waals surface area contributed by atoms with Gasteiger partial charge < -0.3 is 15.9 Å². The molecule has 0 spiro atoms. The average molecular weight is 91.1 g/mol. The molecule has 0 fully saturated rings. The third-order valence-electron chi connectivity index (χ3n) is 0.320. The Morgan fingerprint density at radius 2 is 2.00 bits per heavy atom. The second-order valence-electron chi connectivity index (χ2n) is 1.52. The fraction of sp³-hybridized carbons (Fsp3) is 1.00. The third kappa shape index (κ3) is 3.88. The van der Waals surface area contributed by atoms with Crippen LogP contribution < -0.4 is 5.73 Å². The lowest BCUT2D eigenvalue weighted by Gasteiger charge is -2.10. The number of aliphatic hydroxyl groups excluding tert-OH is 1. The van der Waals surface area contributed by atoms with E-state index in [-0.39, 0.29) is 0 Å². The van der Waals surface area contributed by atoms with Crippen molar-refractivity contribution in [2.24, 2.45) is 5.73 Å². The zero-order valence-corrected chi connectivity index (χ0v) is 3.68. The summed E-state index contributed by atoms with van der Waals surface area (Å²) in [6.45, 7) is 0.931. The summed E-state index contributed by atoms with van der Waals surface area (Å²) in [4.78, 5) is 0. The minimum atomic E-state index is -1.40. The van der Waals surface area contributed by atoms with E-state index >= 15 is 0 Å². The van der Waals surface area contributed by atoms with Gasteiger partial charge >= 0.3 is 0 Å². The predicted molar refractivity (Wildman–Crippen MR) is 21.9 cm³/mol. The zero-order chi connectivity index (χ0) is 5.21. The number of nitrogens with two attached hydrogens (primary N) is 1. The van der Waals surface area contributed by atoms with Crippen LogP contribution in [0, 0.1) is 0 Å². The fourth-order valence-corrected chi connectivity index (χ4v) is 0. The third-order valence-corrected chi connectivity index (χ3v) is 0.320. The topological polar surface area (TPSA) is 66.5 Å². The molecule has 3 heteroatoms. The summed E-state index contributed by atoms with van der Waals surface area (Å²) in [5.74, 6) is 0. The molecule has 0 saturated heterocycles. The van der Waals surface area contributed by atoms with Crippen molar-refractivity contribution in [3.63, 3.8) is 0 Å². The summed E-state index contributed by atoms with van der Waals surface area (Å²) < 4.78 is 0. The second-order valence-corrected chi connectivity index (χ2v) is 1.52. The SMILES string of the molecule is C[C@](N)(O)CO. The first-order valence-corrected chi connectivity index (χ1v) is 1.68. The van der Waals surface area contributed by atoms with E-state index in [1.165, 1.54) is 6.92 Å². The highest BCUT2D eigenvalue weighted by atomic mass is 16.3. The fourth-order valence-electron chi connectivity index (χ4n) is 0. The molecule has 0 bridgehead atoms. The van der Waals surface area contributed by atoms with Gasteiger partial charge in [0.15, 0.2) is 0 Å². The molecule has 0 aromatic carbocycles. The van der Waals surface area contributed by atoms with Crippen LogP contribution in [0.15, 0.2) is 0 Å². The molecule has 0 aliphatic rings. The van der Waals surface area contributed by atoms with Crippen molar-refractivity contribution in [2.45, 2.75) is 12.6 Å². The van der Waals surface area contributed by atoms with Crippen LogP contribution in [-0.2, 0) is 0 Å². The first-order valence-electron chi connectivity index (χ1n) is 1.68. The van der Waals surface area contributed by atoms with E-state index in [0.29, 0.717) is 0 Å². The smallest absolute Gasteiger partial charge is 0.133 e. The first-order chi connectivity index (χ1) is 2.56. The number of rotatable bonds is 1. The molecule has 1 atom stereocenters. The van der Waals surface area contributed by atoms with Crippen molar-refractivity contribution in [3.8, 4) is 0 Å². The van der Waals surface area contributed by atoms with Gasteiger partial charge in [0.2, 0.25) is 0 Å². The summed E-state index contributed by atoms with van der Waals surface area (Å²) in [5, 5.41) is 16.4. The van der Waals surface area contributed by atoms with Gasteiger partial charge in [-0.1, -0.05) is 0 Å². The van der Waals surface area contributed by atoms with Gasteiger partial charge in [-0.25, -0.2) is 0 Å². The Morgan fingerprint density at radius 3 is 2.00 bits per heavy atom. The number of hydrogen-bond acceptors (Lipinski definition) is 3. The summed E-state index contributed by atoms with van der Waals surface area (Å²) in [7, 11) is 0. The Morgan fingerprint density at radius 1 is 1.83 bits per heavy atom. The Bertz CT molecular complexity index is 38.5. The molecular weight excluding hydrogens is 82.0 g/mol. The van der Waals surface area contributed by atoms with E-state index in [2.05, 4.69) is 0 Å². The molecule has 0 aromatic heterocycles. The van der Waals surface area contributed by atoms with E-state index in [1.807, 2.05) is 0 Å². The molecule has 0 heterocycles. The molecule has 0 amide bonds.